The van der Waals surface area contributed by atoms with Gasteiger partial charge in [-0.25, -0.2) is 0 Å². The molecular weight excluding hydrogens is 304 g/mol. The van der Waals surface area contributed by atoms with Crippen molar-refractivity contribution in [2.45, 2.75) is 40.2 Å². The Kier molecular flexibility index (Phi) is 5.40. The number of hydrogen-bond donors (Lipinski definition) is 1. The van der Waals surface area contributed by atoms with Crippen LogP contribution in [0.2, 0.25) is 0 Å². The molecule has 0 atom stereocenters. The maximum atomic E-state index is 12.0. The van der Waals surface area contributed by atoms with Crippen LogP contribution in [0.1, 0.15) is 37.6 Å². The summed E-state index contributed by atoms with van der Waals surface area (Å²) in [6.07, 6.45) is 0. The molecule has 1 aromatic rings. The van der Waals surface area contributed by atoms with Crippen molar-refractivity contribution in [3.8, 4) is 6.07 Å². The molecule has 0 aromatic carbocycles. The molecule has 24 heavy (non-hydrogen) atoms. The second-order valence-corrected chi connectivity index (χ2v) is 7.28. The third-order valence-corrected chi connectivity index (χ3v) is 4.10. The Bertz CT molecular complexity index is 650. The van der Waals surface area contributed by atoms with Gasteiger partial charge in [0.2, 0.25) is 5.91 Å². The topological polar surface area (TPSA) is 85.2 Å². The fourth-order valence-corrected chi connectivity index (χ4v) is 2.73. The van der Waals surface area contributed by atoms with Gasteiger partial charge in [0.15, 0.2) is 5.82 Å². The number of nitriles is 1. The molecule has 0 saturated carbocycles. The summed E-state index contributed by atoms with van der Waals surface area (Å²) >= 11 is 0. The van der Waals surface area contributed by atoms with E-state index in [0.717, 1.165) is 37.4 Å². The van der Waals surface area contributed by atoms with Crippen LogP contribution in [0, 0.1) is 25.2 Å². The molecule has 2 rings (SSSR count). The Labute approximate surface area is 143 Å². The monoisotopic (exact) mass is 330 g/mol. The lowest BCUT2D eigenvalue weighted by Gasteiger charge is -2.35. The molecule has 130 valence electrons. The maximum absolute atomic E-state index is 12.0. The van der Waals surface area contributed by atoms with Crippen LogP contribution in [0.25, 0.3) is 0 Å². The van der Waals surface area contributed by atoms with E-state index in [4.69, 9.17) is 0 Å². The minimum Gasteiger partial charge on any atom is -0.351 e. The molecule has 0 aliphatic carbocycles. The van der Waals surface area contributed by atoms with E-state index in [9.17, 15) is 10.1 Å². The Morgan fingerprint density at radius 3 is 2.38 bits per heavy atom. The predicted octanol–water partition coefficient (Wildman–Crippen LogP) is 1.00. The normalized spacial score (nSPS) is 15.9. The highest BCUT2D eigenvalue weighted by atomic mass is 16.2. The molecule has 0 bridgehead atoms. The smallest absolute Gasteiger partial charge is 0.234 e. The zero-order valence-electron chi connectivity index (χ0n) is 15.2. The highest BCUT2D eigenvalue weighted by Crippen LogP contribution is 2.22. The van der Waals surface area contributed by atoms with Crippen LogP contribution in [0.4, 0.5) is 5.82 Å². The number of piperazine rings is 1. The number of rotatable bonds is 3. The number of aromatic nitrogens is 2. The standard InChI is InChI=1S/C17H26N6O/c1-12-13(2)20-21-16(14(12)10-18)23-8-6-22(7-9-23)11-15(24)19-17(3,4)5/h6-9,11H2,1-5H3,(H,19,24). The van der Waals surface area contributed by atoms with Crippen molar-refractivity contribution in [2.24, 2.45) is 0 Å². The quantitative estimate of drug-likeness (QED) is 0.890. The van der Waals surface area contributed by atoms with Gasteiger partial charge < -0.3 is 10.2 Å². The second kappa shape index (κ2) is 7.14. The third-order valence-electron chi connectivity index (χ3n) is 4.10. The summed E-state index contributed by atoms with van der Waals surface area (Å²) in [5.41, 5.74) is 2.05. The SMILES string of the molecule is Cc1nnc(N2CCN(CC(=O)NC(C)(C)C)CC2)c(C#N)c1C. The summed E-state index contributed by atoms with van der Waals surface area (Å²) in [5.74, 6) is 0.694. The number of nitrogens with zero attached hydrogens (tertiary/aromatic N) is 5. The molecule has 2 heterocycles. The Morgan fingerprint density at radius 1 is 1.21 bits per heavy atom. The van der Waals surface area contributed by atoms with Crippen molar-refractivity contribution in [3.05, 3.63) is 16.8 Å². The van der Waals surface area contributed by atoms with E-state index in [1.54, 1.807) is 0 Å². The first-order chi connectivity index (χ1) is 11.2. The number of aryl methyl sites for hydroxylation is 1. The van der Waals surface area contributed by atoms with Crippen molar-refractivity contribution in [1.82, 2.24) is 20.4 Å². The van der Waals surface area contributed by atoms with Crippen LogP contribution >= 0.6 is 0 Å². The van der Waals surface area contributed by atoms with Crippen LogP contribution in [-0.4, -0.2) is 59.3 Å². The summed E-state index contributed by atoms with van der Waals surface area (Å²) < 4.78 is 0. The van der Waals surface area contributed by atoms with Gasteiger partial charge in [0.05, 0.1) is 12.2 Å². The van der Waals surface area contributed by atoms with E-state index in [0.29, 0.717) is 17.9 Å². The van der Waals surface area contributed by atoms with E-state index in [-0.39, 0.29) is 11.4 Å². The summed E-state index contributed by atoms with van der Waals surface area (Å²) in [4.78, 5) is 16.2. The molecule has 0 unspecified atom stereocenters. The Hall–Kier alpha value is -2.20. The van der Waals surface area contributed by atoms with Gasteiger partial charge in [-0.2, -0.15) is 10.4 Å². The highest BCUT2D eigenvalue weighted by Gasteiger charge is 2.24. The Morgan fingerprint density at radius 2 is 1.83 bits per heavy atom. The number of anilines is 1. The van der Waals surface area contributed by atoms with Gasteiger partial charge in [0.1, 0.15) is 11.6 Å². The molecule has 1 amide bonds. The lowest BCUT2D eigenvalue weighted by atomic mass is 10.1. The zero-order valence-corrected chi connectivity index (χ0v) is 15.2. The van der Waals surface area contributed by atoms with Crippen molar-refractivity contribution in [1.29, 1.82) is 5.26 Å². The summed E-state index contributed by atoms with van der Waals surface area (Å²) in [5, 5.41) is 20.8. The van der Waals surface area contributed by atoms with Gasteiger partial charge in [-0.3, -0.25) is 9.69 Å². The highest BCUT2D eigenvalue weighted by molar-refractivity contribution is 5.78. The lowest BCUT2D eigenvalue weighted by Crippen LogP contribution is -2.52. The average molecular weight is 330 g/mol. The number of carbonyl (C=O) groups is 1. The molecule has 7 nitrogen and oxygen atoms in total. The third kappa shape index (κ3) is 4.42. The van der Waals surface area contributed by atoms with Gasteiger partial charge in [0.25, 0.3) is 0 Å². The molecule has 1 aliphatic rings. The molecule has 1 N–H and O–H groups in total. The van der Waals surface area contributed by atoms with Crippen LogP contribution in [0.15, 0.2) is 0 Å². The fraction of sp³-hybridized carbons (Fsp3) is 0.647. The minimum atomic E-state index is -0.213. The van der Waals surface area contributed by atoms with Gasteiger partial charge in [-0.05, 0) is 40.2 Å². The molecular formula is C17H26N6O. The van der Waals surface area contributed by atoms with E-state index in [2.05, 4.69) is 31.4 Å². The molecule has 1 aliphatic heterocycles. The zero-order chi connectivity index (χ0) is 17.9. The number of carbonyl (C=O) groups excluding carboxylic acids is 1. The molecule has 0 radical (unpaired) electrons. The van der Waals surface area contributed by atoms with Crippen LogP contribution < -0.4 is 10.2 Å². The number of hydrogen-bond acceptors (Lipinski definition) is 6. The first-order valence-corrected chi connectivity index (χ1v) is 8.23. The van der Waals surface area contributed by atoms with Crippen molar-refractivity contribution < 1.29 is 4.79 Å². The fourth-order valence-electron chi connectivity index (χ4n) is 2.73. The molecule has 1 saturated heterocycles. The van der Waals surface area contributed by atoms with Crippen molar-refractivity contribution in [2.75, 3.05) is 37.6 Å². The Balaban J connectivity index is 1.98. The minimum absolute atomic E-state index is 0.0413. The summed E-state index contributed by atoms with van der Waals surface area (Å²) in [6.45, 7) is 13.1. The van der Waals surface area contributed by atoms with Gasteiger partial charge in [-0.1, -0.05) is 0 Å². The largest absolute Gasteiger partial charge is 0.351 e. The van der Waals surface area contributed by atoms with E-state index < -0.39 is 0 Å². The predicted molar refractivity (Wildman–Crippen MR) is 92.8 cm³/mol. The average Bonchev–Trinajstić information content (AvgIpc) is 2.49. The first kappa shape index (κ1) is 18.1. The number of amides is 1. The maximum Gasteiger partial charge on any atom is 0.234 e. The summed E-state index contributed by atoms with van der Waals surface area (Å²) in [7, 11) is 0. The summed E-state index contributed by atoms with van der Waals surface area (Å²) in [6, 6.07) is 2.25. The van der Waals surface area contributed by atoms with Crippen LogP contribution in [0.5, 0.6) is 0 Å². The van der Waals surface area contributed by atoms with E-state index >= 15 is 0 Å². The number of nitrogens with one attached hydrogen (secondary N) is 1. The molecule has 1 aromatic heterocycles. The van der Waals surface area contributed by atoms with Gasteiger partial charge >= 0.3 is 0 Å². The van der Waals surface area contributed by atoms with Crippen molar-refractivity contribution in [3.63, 3.8) is 0 Å². The molecule has 7 heteroatoms. The van der Waals surface area contributed by atoms with Crippen molar-refractivity contribution >= 4 is 11.7 Å². The van der Waals surface area contributed by atoms with Gasteiger partial charge in [0, 0.05) is 31.7 Å². The van der Waals surface area contributed by atoms with E-state index in [1.807, 2.05) is 34.6 Å². The second-order valence-electron chi connectivity index (χ2n) is 7.28. The van der Waals surface area contributed by atoms with Crippen LogP contribution in [0.3, 0.4) is 0 Å². The molecule has 1 fully saturated rings. The van der Waals surface area contributed by atoms with Gasteiger partial charge in [-0.15, -0.1) is 5.10 Å². The van der Waals surface area contributed by atoms with E-state index in [1.165, 1.54) is 0 Å². The first-order valence-electron chi connectivity index (χ1n) is 8.23. The van der Waals surface area contributed by atoms with Crippen LogP contribution in [-0.2, 0) is 4.79 Å². The lowest BCUT2D eigenvalue weighted by molar-refractivity contribution is -0.123. The molecule has 0 spiro atoms.